The summed E-state index contributed by atoms with van der Waals surface area (Å²) in [5.41, 5.74) is 3.57. The zero-order valence-electron chi connectivity index (χ0n) is 17.9. The third-order valence-corrected chi connectivity index (χ3v) is 5.14. The second-order valence-corrected chi connectivity index (χ2v) is 7.15. The van der Waals surface area contributed by atoms with E-state index in [-0.39, 0.29) is 35.8 Å². The predicted molar refractivity (Wildman–Crippen MR) is 131 cm³/mol. The molecule has 1 aliphatic heterocycles. The standard InChI is InChI=1S/C23H31N3O3.HI/c1-4-24-23(25-12-11-18-9-10-20(27)21(15-18)28-3)26-13-14-29-22(16-26)19-8-6-5-7-17(19)2;/h5-10,15,22,27H,4,11-14,16H2,1-3H3,(H,24,25);1H. The van der Waals surface area contributed by atoms with Gasteiger partial charge in [0.15, 0.2) is 17.5 Å². The molecule has 1 aliphatic rings. The maximum atomic E-state index is 9.75. The maximum absolute atomic E-state index is 9.75. The molecule has 1 atom stereocenters. The number of phenols is 1. The van der Waals surface area contributed by atoms with Crippen molar-refractivity contribution in [3.8, 4) is 11.5 Å². The van der Waals surface area contributed by atoms with Crippen molar-refractivity contribution in [2.45, 2.75) is 26.4 Å². The van der Waals surface area contributed by atoms with Crippen LogP contribution in [0.3, 0.4) is 0 Å². The first-order chi connectivity index (χ1) is 14.1. The number of guanidine groups is 1. The highest BCUT2D eigenvalue weighted by Gasteiger charge is 2.25. The van der Waals surface area contributed by atoms with Gasteiger partial charge < -0.3 is 24.8 Å². The van der Waals surface area contributed by atoms with Gasteiger partial charge in [0.1, 0.15) is 6.10 Å². The van der Waals surface area contributed by atoms with E-state index in [1.807, 2.05) is 12.1 Å². The Morgan fingerprint density at radius 3 is 2.83 bits per heavy atom. The second-order valence-electron chi connectivity index (χ2n) is 7.15. The summed E-state index contributed by atoms with van der Waals surface area (Å²) < 4.78 is 11.2. The van der Waals surface area contributed by atoms with Gasteiger partial charge in [0.05, 0.1) is 20.3 Å². The Morgan fingerprint density at radius 2 is 2.10 bits per heavy atom. The van der Waals surface area contributed by atoms with Gasteiger partial charge in [0, 0.05) is 19.6 Å². The lowest BCUT2D eigenvalue weighted by atomic mass is 10.0. The van der Waals surface area contributed by atoms with E-state index in [9.17, 15) is 5.11 Å². The number of aliphatic imine (C=N–C) groups is 1. The Bertz CT molecular complexity index is 844. The van der Waals surface area contributed by atoms with Crippen LogP contribution in [0.4, 0.5) is 0 Å². The number of methoxy groups -OCH3 is 1. The highest BCUT2D eigenvalue weighted by molar-refractivity contribution is 14.0. The molecule has 1 fully saturated rings. The molecule has 7 heteroatoms. The average Bonchev–Trinajstić information content (AvgIpc) is 2.74. The Morgan fingerprint density at radius 1 is 1.30 bits per heavy atom. The molecule has 2 N–H and O–H groups in total. The molecule has 2 aromatic carbocycles. The zero-order valence-corrected chi connectivity index (χ0v) is 20.3. The molecular formula is C23H32IN3O3. The molecule has 1 saturated heterocycles. The number of benzene rings is 2. The topological polar surface area (TPSA) is 66.3 Å². The van der Waals surface area contributed by atoms with Gasteiger partial charge in [-0.2, -0.15) is 0 Å². The van der Waals surface area contributed by atoms with Crippen LogP contribution < -0.4 is 10.1 Å². The highest BCUT2D eigenvalue weighted by Crippen LogP contribution is 2.27. The second kappa shape index (κ2) is 12.0. The van der Waals surface area contributed by atoms with E-state index in [4.69, 9.17) is 14.5 Å². The summed E-state index contributed by atoms with van der Waals surface area (Å²) in [5, 5.41) is 13.2. The van der Waals surface area contributed by atoms with Crippen LogP contribution in [0.1, 0.15) is 29.7 Å². The molecule has 0 saturated carbocycles. The monoisotopic (exact) mass is 525 g/mol. The molecule has 0 aliphatic carbocycles. The van der Waals surface area contributed by atoms with E-state index in [0.29, 0.717) is 18.9 Å². The number of rotatable bonds is 6. The van der Waals surface area contributed by atoms with Gasteiger partial charge in [-0.1, -0.05) is 30.3 Å². The van der Waals surface area contributed by atoms with Gasteiger partial charge in [0.25, 0.3) is 0 Å². The van der Waals surface area contributed by atoms with Crippen LogP contribution in [0.25, 0.3) is 0 Å². The highest BCUT2D eigenvalue weighted by atomic mass is 127. The number of aromatic hydroxyl groups is 1. The molecule has 0 amide bonds. The molecule has 164 valence electrons. The Labute approximate surface area is 196 Å². The fourth-order valence-electron chi connectivity index (χ4n) is 3.57. The minimum atomic E-state index is 0. The summed E-state index contributed by atoms with van der Waals surface area (Å²) in [6, 6.07) is 13.8. The molecule has 30 heavy (non-hydrogen) atoms. The van der Waals surface area contributed by atoms with Crippen LogP contribution >= 0.6 is 24.0 Å². The molecule has 6 nitrogen and oxygen atoms in total. The quantitative estimate of drug-likeness (QED) is 0.340. The van der Waals surface area contributed by atoms with Crippen molar-refractivity contribution in [3.63, 3.8) is 0 Å². The molecule has 3 rings (SSSR count). The smallest absolute Gasteiger partial charge is 0.194 e. The summed E-state index contributed by atoms with van der Waals surface area (Å²) in [6.07, 6.45) is 0.826. The van der Waals surface area contributed by atoms with Crippen molar-refractivity contribution < 1.29 is 14.6 Å². The fourth-order valence-corrected chi connectivity index (χ4v) is 3.57. The predicted octanol–water partition coefficient (Wildman–Crippen LogP) is 3.91. The summed E-state index contributed by atoms with van der Waals surface area (Å²) in [7, 11) is 1.56. The van der Waals surface area contributed by atoms with Gasteiger partial charge in [-0.05, 0) is 49.1 Å². The Balaban J connectivity index is 0.00000320. The van der Waals surface area contributed by atoms with Crippen molar-refractivity contribution in [1.82, 2.24) is 10.2 Å². The lowest BCUT2D eigenvalue weighted by molar-refractivity contribution is -0.00832. The first-order valence-corrected chi connectivity index (χ1v) is 10.2. The van der Waals surface area contributed by atoms with Crippen LogP contribution in [0.5, 0.6) is 11.5 Å². The van der Waals surface area contributed by atoms with Gasteiger partial charge in [-0.15, -0.1) is 24.0 Å². The van der Waals surface area contributed by atoms with Gasteiger partial charge in [-0.25, -0.2) is 0 Å². The molecule has 1 unspecified atom stereocenters. The summed E-state index contributed by atoms with van der Waals surface area (Å²) in [6.45, 7) is 7.97. The number of ether oxygens (including phenoxy) is 2. The minimum absolute atomic E-state index is 0. The van der Waals surface area contributed by atoms with Gasteiger partial charge >= 0.3 is 0 Å². The molecule has 0 radical (unpaired) electrons. The van der Waals surface area contributed by atoms with Crippen LogP contribution in [-0.2, 0) is 11.2 Å². The number of phenolic OH excluding ortho intramolecular Hbond substituents is 1. The fraction of sp³-hybridized carbons (Fsp3) is 0.435. The lowest BCUT2D eigenvalue weighted by Crippen LogP contribution is -2.48. The number of nitrogens with one attached hydrogen (secondary N) is 1. The minimum Gasteiger partial charge on any atom is -0.504 e. The van der Waals surface area contributed by atoms with E-state index in [0.717, 1.165) is 37.6 Å². The Hall–Kier alpha value is -2.00. The number of halogens is 1. The third kappa shape index (κ3) is 6.25. The average molecular weight is 525 g/mol. The number of nitrogens with zero attached hydrogens (tertiary/aromatic N) is 2. The van der Waals surface area contributed by atoms with E-state index in [1.165, 1.54) is 11.1 Å². The largest absolute Gasteiger partial charge is 0.504 e. The molecule has 1 heterocycles. The van der Waals surface area contributed by atoms with E-state index < -0.39 is 0 Å². The molecule has 2 aromatic rings. The lowest BCUT2D eigenvalue weighted by Gasteiger charge is -2.35. The number of hydrogen-bond donors (Lipinski definition) is 2. The number of morpholine rings is 1. The van der Waals surface area contributed by atoms with Crippen LogP contribution in [-0.4, -0.2) is 55.9 Å². The van der Waals surface area contributed by atoms with Crippen LogP contribution in [0.2, 0.25) is 0 Å². The Kier molecular flexibility index (Phi) is 9.71. The molecule has 0 aromatic heterocycles. The van der Waals surface area contributed by atoms with Crippen molar-refractivity contribution in [3.05, 3.63) is 59.2 Å². The molecule has 0 spiro atoms. The number of hydrogen-bond acceptors (Lipinski definition) is 4. The van der Waals surface area contributed by atoms with Crippen LogP contribution in [0, 0.1) is 6.92 Å². The van der Waals surface area contributed by atoms with E-state index >= 15 is 0 Å². The van der Waals surface area contributed by atoms with E-state index in [2.05, 4.69) is 48.3 Å². The maximum Gasteiger partial charge on any atom is 0.194 e. The SMILES string of the molecule is CCNC(=NCCc1ccc(O)c(OC)c1)N1CCOC(c2ccccc2C)C1.I. The number of aryl methyl sites for hydroxylation is 1. The summed E-state index contributed by atoms with van der Waals surface area (Å²) in [4.78, 5) is 7.11. The van der Waals surface area contributed by atoms with Gasteiger partial charge in [-0.3, -0.25) is 4.99 Å². The van der Waals surface area contributed by atoms with Crippen molar-refractivity contribution >= 4 is 29.9 Å². The normalized spacial score (nSPS) is 16.7. The zero-order chi connectivity index (χ0) is 20.6. The molecule has 0 bridgehead atoms. The summed E-state index contributed by atoms with van der Waals surface area (Å²) >= 11 is 0. The van der Waals surface area contributed by atoms with Gasteiger partial charge in [0.2, 0.25) is 0 Å². The van der Waals surface area contributed by atoms with Crippen LogP contribution in [0.15, 0.2) is 47.5 Å². The van der Waals surface area contributed by atoms with Crippen molar-refractivity contribution in [2.75, 3.05) is 39.9 Å². The van der Waals surface area contributed by atoms with Crippen molar-refractivity contribution in [2.24, 2.45) is 4.99 Å². The van der Waals surface area contributed by atoms with Crippen molar-refractivity contribution in [1.29, 1.82) is 0 Å². The summed E-state index contributed by atoms with van der Waals surface area (Å²) in [5.74, 6) is 1.57. The third-order valence-electron chi connectivity index (χ3n) is 5.14. The first-order valence-electron chi connectivity index (χ1n) is 10.2. The molecular weight excluding hydrogens is 493 g/mol. The van der Waals surface area contributed by atoms with E-state index in [1.54, 1.807) is 13.2 Å². The first kappa shape index (κ1) is 24.3.